The molecule has 0 fully saturated rings. The number of benzene rings is 1. The molecule has 1 nitrogen and oxygen atoms in total. The van der Waals surface area contributed by atoms with Crippen molar-refractivity contribution in [3.63, 3.8) is 0 Å². The maximum atomic E-state index is 12.2. The Labute approximate surface area is 99.3 Å². The molecule has 2 unspecified atom stereocenters. The SMILES string of the molecule is CCC(C)c1cccc(C(O)CC(F)(F)F)c1. The van der Waals surface area contributed by atoms with E-state index in [1.165, 1.54) is 6.07 Å². The lowest BCUT2D eigenvalue weighted by atomic mass is 9.95. The molecule has 2 atom stereocenters. The van der Waals surface area contributed by atoms with Crippen molar-refractivity contribution in [1.82, 2.24) is 0 Å². The van der Waals surface area contributed by atoms with E-state index in [4.69, 9.17) is 0 Å². The molecule has 0 aliphatic rings. The van der Waals surface area contributed by atoms with Gasteiger partial charge in [0.2, 0.25) is 0 Å². The molecule has 0 heterocycles. The standard InChI is InChI=1S/C13H17F3O/c1-3-9(2)10-5-4-6-11(7-10)12(17)8-13(14,15)16/h4-7,9,12,17H,3,8H2,1-2H3. The smallest absolute Gasteiger partial charge is 0.388 e. The Morgan fingerprint density at radius 2 is 1.82 bits per heavy atom. The highest BCUT2D eigenvalue weighted by Gasteiger charge is 2.31. The van der Waals surface area contributed by atoms with E-state index in [2.05, 4.69) is 0 Å². The number of rotatable bonds is 4. The molecule has 1 aromatic carbocycles. The van der Waals surface area contributed by atoms with Crippen LogP contribution in [0.2, 0.25) is 0 Å². The zero-order valence-electron chi connectivity index (χ0n) is 9.96. The molecular formula is C13H17F3O. The summed E-state index contributed by atoms with van der Waals surface area (Å²) in [5.41, 5.74) is 1.30. The van der Waals surface area contributed by atoms with Crippen molar-refractivity contribution >= 4 is 0 Å². The Kier molecular flexibility index (Phi) is 4.57. The van der Waals surface area contributed by atoms with Crippen LogP contribution in [-0.2, 0) is 0 Å². The molecule has 1 aromatic rings. The molecule has 0 aliphatic carbocycles. The summed E-state index contributed by atoms with van der Waals surface area (Å²) in [6.07, 6.45) is -6.10. The Morgan fingerprint density at radius 1 is 1.24 bits per heavy atom. The molecule has 1 N–H and O–H groups in total. The summed E-state index contributed by atoms with van der Waals surface area (Å²) in [6.45, 7) is 4.03. The van der Waals surface area contributed by atoms with Crippen molar-refractivity contribution in [2.24, 2.45) is 0 Å². The molecule has 0 saturated heterocycles. The highest BCUT2D eigenvalue weighted by atomic mass is 19.4. The van der Waals surface area contributed by atoms with E-state index in [-0.39, 0.29) is 5.92 Å². The van der Waals surface area contributed by atoms with Gasteiger partial charge in [0.25, 0.3) is 0 Å². The maximum Gasteiger partial charge on any atom is 0.391 e. The summed E-state index contributed by atoms with van der Waals surface area (Å²) in [6, 6.07) is 6.75. The van der Waals surface area contributed by atoms with E-state index >= 15 is 0 Å². The van der Waals surface area contributed by atoms with Gasteiger partial charge in [-0.15, -0.1) is 0 Å². The van der Waals surface area contributed by atoms with E-state index in [0.717, 1.165) is 12.0 Å². The normalized spacial score (nSPS) is 15.6. The minimum atomic E-state index is -4.34. The molecule has 0 aromatic heterocycles. The third kappa shape index (κ3) is 4.38. The van der Waals surface area contributed by atoms with Crippen molar-refractivity contribution < 1.29 is 18.3 Å². The van der Waals surface area contributed by atoms with Crippen molar-refractivity contribution in [3.05, 3.63) is 35.4 Å². The van der Waals surface area contributed by atoms with Gasteiger partial charge in [0.05, 0.1) is 12.5 Å². The molecule has 1 rings (SSSR count). The minimum Gasteiger partial charge on any atom is -0.388 e. The highest BCUT2D eigenvalue weighted by molar-refractivity contribution is 5.27. The Bertz CT molecular complexity index is 360. The third-order valence-corrected chi connectivity index (χ3v) is 2.90. The number of hydrogen-bond acceptors (Lipinski definition) is 1. The second kappa shape index (κ2) is 5.54. The molecule has 4 heteroatoms. The largest absolute Gasteiger partial charge is 0.391 e. The molecule has 0 bridgehead atoms. The first-order chi connectivity index (χ1) is 7.83. The van der Waals surface area contributed by atoms with Gasteiger partial charge in [-0.1, -0.05) is 38.1 Å². The Morgan fingerprint density at radius 3 is 2.35 bits per heavy atom. The zero-order chi connectivity index (χ0) is 13.1. The molecule has 0 aliphatic heterocycles. The second-order valence-electron chi connectivity index (χ2n) is 4.31. The summed E-state index contributed by atoms with van der Waals surface area (Å²) < 4.78 is 36.5. The van der Waals surface area contributed by atoms with Gasteiger partial charge in [-0.3, -0.25) is 0 Å². The third-order valence-electron chi connectivity index (χ3n) is 2.90. The number of aliphatic hydroxyl groups excluding tert-OH is 1. The number of aliphatic hydroxyl groups is 1. The van der Waals surface area contributed by atoms with Crippen LogP contribution >= 0.6 is 0 Å². The average molecular weight is 246 g/mol. The summed E-state index contributed by atoms with van der Waals surface area (Å²) >= 11 is 0. The molecule has 96 valence electrons. The van der Waals surface area contributed by atoms with Crippen LogP contribution in [0.5, 0.6) is 0 Å². The fourth-order valence-electron chi connectivity index (χ4n) is 1.65. The van der Waals surface area contributed by atoms with Crippen LogP contribution in [0.15, 0.2) is 24.3 Å². The maximum absolute atomic E-state index is 12.2. The molecular weight excluding hydrogens is 229 g/mol. The first kappa shape index (κ1) is 14.0. The quantitative estimate of drug-likeness (QED) is 0.844. The predicted octanol–water partition coefficient (Wildman–Crippen LogP) is 4.19. The van der Waals surface area contributed by atoms with Gasteiger partial charge in [-0.2, -0.15) is 13.2 Å². The summed E-state index contributed by atoms with van der Waals surface area (Å²) in [5, 5.41) is 9.52. The van der Waals surface area contributed by atoms with Crippen LogP contribution in [0, 0.1) is 0 Å². The summed E-state index contributed by atoms with van der Waals surface area (Å²) in [4.78, 5) is 0. The van der Waals surface area contributed by atoms with E-state index in [1.807, 2.05) is 19.9 Å². The average Bonchev–Trinajstić information content (AvgIpc) is 2.26. The molecule has 17 heavy (non-hydrogen) atoms. The summed E-state index contributed by atoms with van der Waals surface area (Å²) in [7, 11) is 0. The van der Waals surface area contributed by atoms with Crippen molar-refractivity contribution in [3.8, 4) is 0 Å². The van der Waals surface area contributed by atoms with Crippen LogP contribution in [0.1, 0.15) is 49.8 Å². The van der Waals surface area contributed by atoms with E-state index < -0.39 is 18.7 Å². The molecule has 0 spiro atoms. The second-order valence-corrected chi connectivity index (χ2v) is 4.31. The van der Waals surface area contributed by atoms with Gasteiger partial charge in [0.1, 0.15) is 0 Å². The van der Waals surface area contributed by atoms with Crippen molar-refractivity contribution in [2.75, 3.05) is 0 Å². The monoisotopic (exact) mass is 246 g/mol. The van der Waals surface area contributed by atoms with Crippen LogP contribution in [0.4, 0.5) is 13.2 Å². The van der Waals surface area contributed by atoms with E-state index in [1.54, 1.807) is 12.1 Å². The van der Waals surface area contributed by atoms with Crippen molar-refractivity contribution in [1.29, 1.82) is 0 Å². The van der Waals surface area contributed by atoms with Crippen molar-refractivity contribution in [2.45, 2.75) is 44.9 Å². The van der Waals surface area contributed by atoms with Crippen LogP contribution in [0.3, 0.4) is 0 Å². The van der Waals surface area contributed by atoms with Crippen LogP contribution in [-0.4, -0.2) is 11.3 Å². The highest BCUT2D eigenvalue weighted by Crippen LogP contribution is 2.30. The minimum absolute atomic E-state index is 0.285. The lowest BCUT2D eigenvalue weighted by Gasteiger charge is -2.16. The van der Waals surface area contributed by atoms with Gasteiger partial charge in [0, 0.05) is 0 Å². The number of hydrogen-bond donors (Lipinski definition) is 1. The Balaban J connectivity index is 2.84. The van der Waals surface area contributed by atoms with Gasteiger partial charge in [-0.05, 0) is 23.5 Å². The van der Waals surface area contributed by atoms with Crippen LogP contribution < -0.4 is 0 Å². The molecule has 0 saturated carbocycles. The zero-order valence-corrected chi connectivity index (χ0v) is 9.96. The lowest BCUT2D eigenvalue weighted by molar-refractivity contribution is -0.154. The van der Waals surface area contributed by atoms with Gasteiger partial charge >= 0.3 is 6.18 Å². The first-order valence-corrected chi connectivity index (χ1v) is 5.68. The van der Waals surface area contributed by atoms with E-state index in [9.17, 15) is 18.3 Å². The first-order valence-electron chi connectivity index (χ1n) is 5.68. The predicted molar refractivity (Wildman–Crippen MR) is 60.8 cm³/mol. The van der Waals surface area contributed by atoms with Gasteiger partial charge < -0.3 is 5.11 Å². The fourth-order valence-corrected chi connectivity index (χ4v) is 1.65. The molecule has 0 radical (unpaired) electrons. The fraction of sp³-hybridized carbons (Fsp3) is 0.538. The van der Waals surface area contributed by atoms with Gasteiger partial charge in [-0.25, -0.2) is 0 Å². The summed E-state index contributed by atoms with van der Waals surface area (Å²) in [5.74, 6) is 0.285. The Hall–Kier alpha value is -1.03. The van der Waals surface area contributed by atoms with E-state index in [0.29, 0.717) is 5.56 Å². The van der Waals surface area contributed by atoms with Gasteiger partial charge in [0.15, 0.2) is 0 Å². The number of halogens is 3. The topological polar surface area (TPSA) is 20.2 Å². The number of alkyl halides is 3. The lowest BCUT2D eigenvalue weighted by Crippen LogP contribution is -2.13. The van der Waals surface area contributed by atoms with Crippen LogP contribution in [0.25, 0.3) is 0 Å². The molecule has 0 amide bonds.